The summed E-state index contributed by atoms with van der Waals surface area (Å²) in [6, 6.07) is 0. The summed E-state index contributed by atoms with van der Waals surface area (Å²) in [5, 5.41) is 9.01. The van der Waals surface area contributed by atoms with Gasteiger partial charge in [0.25, 0.3) is 0 Å². The van der Waals surface area contributed by atoms with Gasteiger partial charge in [-0.3, -0.25) is 4.68 Å². The first-order valence-electron chi connectivity index (χ1n) is 5.21. The van der Waals surface area contributed by atoms with Gasteiger partial charge in [0.15, 0.2) is 0 Å². The molecule has 0 saturated heterocycles. The van der Waals surface area contributed by atoms with E-state index in [1.165, 1.54) is 0 Å². The van der Waals surface area contributed by atoms with Crippen LogP contribution >= 0.6 is 22.9 Å². The van der Waals surface area contributed by atoms with E-state index in [4.69, 9.17) is 11.6 Å². The van der Waals surface area contributed by atoms with Crippen LogP contribution in [0.1, 0.15) is 19.4 Å². The highest BCUT2D eigenvalue weighted by Gasteiger charge is 2.22. The van der Waals surface area contributed by atoms with Gasteiger partial charge in [-0.1, -0.05) is 11.6 Å². The van der Waals surface area contributed by atoms with Crippen LogP contribution in [0, 0.1) is 6.92 Å². The number of carbonyl (C=O) groups is 1. The van der Waals surface area contributed by atoms with E-state index in [-0.39, 0.29) is 0 Å². The van der Waals surface area contributed by atoms with Crippen molar-refractivity contribution in [3.05, 3.63) is 27.5 Å². The number of nitrogens with zero attached hydrogens (tertiary/aromatic N) is 2. The van der Waals surface area contributed by atoms with Crippen LogP contribution in [0.3, 0.4) is 0 Å². The van der Waals surface area contributed by atoms with Crippen LogP contribution < -0.4 is 0 Å². The molecule has 0 aliphatic heterocycles. The van der Waals surface area contributed by atoms with Crippen LogP contribution in [0.5, 0.6) is 0 Å². The molecule has 0 N–H and O–H groups in total. The van der Waals surface area contributed by atoms with Gasteiger partial charge in [0.05, 0.1) is 10.7 Å². The number of halogens is 1. The zero-order valence-corrected chi connectivity index (χ0v) is 11.5. The minimum absolute atomic E-state index is 0.633. The third-order valence-corrected chi connectivity index (χ3v) is 3.83. The molecule has 0 aromatic carbocycles. The summed E-state index contributed by atoms with van der Waals surface area (Å²) < 4.78 is 1.68. The maximum Gasteiger partial charge on any atom is 0.147 e. The summed E-state index contributed by atoms with van der Waals surface area (Å²) in [5.74, 6) is 0. The van der Waals surface area contributed by atoms with Crippen molar-refractivity contribution >= 4 is 29.2 Å². The lowest BCUT2D eigenvalue weighted by Gasteiger charge is -2.17. The van der Waals surface area contributed by atoms with Crippen LogP contribution in [0.2, 0.25) is 5.02 Å². The van der Waals surface area contributed by atoms with E-state index in [2.05, 4.69) is 5.10 Å². The standard InChI is InChI=1S/C12H13ClN2OS/c1-8-4-15(12(2,3)7-16)14-11(8)9-5-17-6-10(9)13/h4-7H,1-3H3. The van der Waals surface area contributed by atoms with Gasteiger partial charge in [-0.05, 0) is 26.3 Å². The van der Waals surface area contributed by atoms with Crippen molar-refractivity contribution < 1.29 is 4.79 Å². The number of carbonyl (C=O) groups excluding carboxylic acids is 1. The third-order valence-electron chi connectivity index (χ3n) is 2.65. The van der Waals surface area contributed by atoms with Crippen LogP contribution in [-0.2, 0) is 10.3 Å². The highest BCUT2D eigenvalue weighted by atomic mass is 35.5. The van der Waals surface area contributed by atoms with E-state index in [1.807, 2.05) is 37.7 Å². The van der Waals surface area contributed by atoms with Gasteiger partial charge in [-0.15, -0.1) is 0 Å². The molecule has 0 bridgehead atoms. The first-order chi connectivity index (χ1) is 7.95. The van der Waals surface area contributed by atoms with Gasteiger partial charge in [0.1, 0.15) is 11.8 Å². The molecule has 2 aromatic rings. The Morgan fingerprint density at radius 3 is 2.71 bits per heavy atom. The average molecular weight is 269 g/mol. The fourth-order valence-electron chi connectivity index (χ4n) is 1.53. The molecule has 2 heterocycles. The first-order valence-corrected chi connectivity index (χ1v) is 6.53. The van der Waals surface area contributed by atoms with Gasteiger partial charge in [-0.25, -0.2) is 0 Å². The molecule has 5 heteroatoms. The number of aryl methyl sites for hydroxylation is 1. The third kappa shape index (κ3) is 2.15. The lowest BCUT2D eigenvalue weighted by Crippen LogP contribution is -2.28. The van der Waals surface area contributed by atoms with Crippen LogP contribution in [0.4, 0.5) is 0 Å². The molecule has 0 atom stereocenters. The molecule has 2 aromatic heterocycles. The lowest BCUT2D eigenvalue weighted by molar-refractivity contribution is -0.114. The molecule has 0 amide bonds. The summed E-state index contributed by atoms with van der Waals surface area (Å²) in [5.41, 5.74) is 2.15. The summed E-state index contributed by atoms with van der Waals surface area (Å²) in [4.78, 5) is 11.0. The molecule has 0 spiro atoms. The van der Waals surface area contributed by atoms with E-state index >= 15 is 0 Å². The summed E-state index contributed by atoms with van der Waals surface area (Å²) in [6.45, 7) is 5.62. The summed E-state index contributed by atoms with van der Waals surface area (Å²) in [7, 11) is 0. The molecule has 0 fully saturated rings. The molecule has 3 nitrogen and oxygen atoms in total. The molecule has 0 aliphatic rings. The normalized spacial score (nSPS) is 11.8. The lowest BCUT2D eigenvalue weighted by atomic mass is 10.1. The molecular weight excluding hydrogens is 256 g/mol. The highest BCUT2D eigenvalue weighted by Crippen LogP contribution is 2.32. The zero-order chi connectivity index (χ0) is 12.6. The maximum atomic E-state index is 11.0. The first kappa shape index (κ1) is 12.3. The van der Waals surface area contributed by atoms with Gasteiger partial charge in [0.2, 0.25) is 0 Å². The van der Waals surface area contributed by atoms with Gasteiger partial charge < -0.3 is 4.79 Å². The Morgan fingerprint density at radius 1 is 1.47 bits per heavy atom. The van der Waals surface area contributed by atoms with Crippen molar-refractivity contribution in [2.24, 2.45) is 0 Å². The van der Waals surface area contributed by atoms with Crippen LogP contribution in [0.15, 0.2) is 17.0 Å². The maximum absolute atomic E-state index is 11.0. The highest BCUT2D eigenvalue weighted by molar-refractivity contribution is 7.09. The number of thiophene rings is 1. The van der Waals surface area contributed by atoms with Gasteiger partial charge in [0, 0.05) is 22.5 Å². The van der Waals surface area contributed by atoms with Crippen LogP contribution in [0.25, 0.3) is 11.3 Å². The second-order valence-corrected chi connectivity index (χ2v) is 5.66. The predicted octanol–water partition coefficient (Wildman–Crippen LogP) is 3.51. The van der Waals surface area contributed by atoms with Crippen LogP contribution in [-0.4, -0.2) is 16.1 Å². The second-order valence-electron chi connectivity index (χ2n) is 4.51. The Kier molecular flexibility index (Phi) is 3.10. The number of aromatic nitrogens is 2. The Bertz CT molecular complexity index is 557. The van der Waals surface area contributed by atoms with Crippen molar-refractivity contribution in [2.45, 2.75) is 26.3 Å². The number of hydrogen-bond acceptors (Lipinski definition) is 3. The smallest absolute Gasteiger partial charge is 0.147 e. The fourth-order valence-corrected chi connectivity index (χ4v) is 2.58. The van der Waals surface area contributed by atoms with Crippen molar-refractivity contribution in [2.75, 3.05) is 0 Å². The molecule has 90 valence electrons. The Balaban J connectivity index is 2.52. The summed E-state index contributed by atoms with van der Waals surface area (Å²) >= 11 is 7.64. The molecule has 0 saturated carbocycles. The average Bonchev–Trinajstić information content (AvgIpc) is 2.85. The number of aldehydes is 1. The van der Waals surface area contributed by atoms with E-state index in [9.17, 15) is 4.79 Å². The largest absolute Gasteiger partial charge is 0.301 e. The zero-order valence-electron chi connectivity index (χ0n) is 9.90. The minimum Gasteiger partial charge on any atom is -0.301 e. The Labute approximate surface area is 109 Å². The quantitative estimate of drug-likeness (QED) is 0.799. The molecule has 0 aliphatic carbocycles. The van der Waals surface area contributed by atoms with Crippen molar-refractivity contribution in [1.29, 1.82) is 0 Å². The van der Waals surface area contributed by atoms with Crippen molar-refractivity contribution in [3.63, 3.8) is 0 Å². The van der Waals surface area contributed by atoms with E-state index in [0.29, 0.717) is 5.02 Å². The van der Waals surface area contributed by atoms with E-state index in [1.54, 1.807) is 16.0 Å². The number of hydrogen-bond donors (Lipinski definition) is 0. The number of rotatable bonds is 3. The minimum atomic E-state index is -0.633. The predicted molar refractivity (Wildman–Crippen MR) is 70.7 cm³/mol. The van der Waals surface area contributed by atoms with Gasteiger partial charge >= 0.3 is 0 Å². The van der Waals surface area contributed by atoms with Gasteiger partial charge in [-0.2, -0.15) is 16.4 Å². The molecular formula is C12H13ClN2OS. The fraction of sp³-hybridized carbons (Fsp3) is 0.333. The van der Waals surface area contributed by atoms with Crippen molar-refractivity contribution in [3.8, 4) is 11.3 Å². The molecule has 17 heavy (non-hydrogen) atoms. The molecule has 0 unspecified atom stereocenters. The van der Waals surface area contributed by atoms with E-state index in [0.717, 1.165) is 23.1 Å². The monoisotopic (exact) mass is 268 g/mol. The molecule has 0 radical (unpaired) electrons. The Morgan fingerprint density at radius 2 is 2.18 bits per heavy atom. The SMILES string of the molecule is Cc1cn(C(C)(C)C=O)nc1-c1cscc1Cl. The Hall–Kier alpha value is -1.13. The topological polar surface area (TPSA) is 34.9 Å². The molecule has 2 rings (SSSR count). The second kappa shape index (κ2) is 4.27. The summed E-state index contributed by atoms with van der Waals surface area (Å²) in [6.07, 6.45) is 2.76. The van der Waals surface area contributed by atoms with E-state index < -0.39 is 5.54 Å². The van der Waals surface area contributed by atoms with Crippen molar-refractivity contribution in [1.82, 2.24) is 9.78 Å².